The zero-order valence-corrected chi connectivity index (χ0v) is 22.7. The van der Waals surface area contributed by atoms with Gasteiger partial charge in [-0.15, -0.1) is 0 Å². The molecule has 11 heteroatoms. The van der Waals surface area contributed by atoms with Crippen LogP contribution in [0.4, 0.5) is 11.5 Å². The first-order valence-electron chi connectivity index (χ1n) is 12.7. The summed E-state index contributed by atoms with van der Waals surface area (Å²) in [6.07, 6.45) is 2.92. The third kappa shape index (κ3) is 5.55. The van der Waals surface area contributed by atoms with Gasteiger partial charge in [-0.1, -0.05) is 29.4 Å². The topological polar surface area (TPSA) is 129 Å². The molecule has 0 aliphatic heterocycles. The van der Waals surface area contributed by atoms with E-state index < -0.39 is 21.0 Å². The van der Waals surface area contributed by atoms with Crippen molar-refractivity contribution in [1.29, 1.82) is 0 Å². The summed E-state index contributed by atoms with van der Waals surface area (Å²) < 4.78 is 45.1. The molecule has 0 saturated heterocycles. The summed E-state index contributed by atoms with van der Waals surface area (Å²) in [6, 6.07) is 21.1. The summed E-state index contributed by atoms with van der Waals surface area (Å²) in [4.78, 5) is 10.3. The third-order valence-corrected chi connectivity index (χ3v) is 8.45. The molecule has 0 amide bonds. The summed E-state index contributed by atoms with van der Waals surface area (Å²) >= 11 is 0. The molecule has 0 radical (unpaired) electrons. The Morgan fingerprint density at radius 1 is 0.975 bits per heavy atom. The SMILES string of the molecule is CCOc1ccc(CCc2ccc3cc(C(C)N(c4ccon4)S(=O)(=O)c4ccc([N+](=O)[O-])cc4)oc3c2)cc1. The molecule has 0 aliphatic rings. The molecule has 0 aliphatic carbocycles. The Bertz CT molecular complexity index is 1710. The Balaban J connectivity index is 1.40. The van der Waals surface area contributed by atoms with Crippen molar-refractivity contribution in [3.05, 3.63) is 112 Å². The number of ether oxygens (including phenoxy) is 1. The van der Waals surface area contributed by atoms with Gasteiger partial charge in [0.25, 0.3) is 15.7 Å². The maximum Gasteiger partial charge on any atom is 0.269 e. The molecule has 0 N–H and O–H groups in total. The van der Waals surface area contributed by atoms with Crippen LogP contribution in [0.5, 0.6) is 5.75 Å². The quantitative estimate of drug-likeness (QED) is 0.133. The van der Waals surface area contributed by atoms with Crippen LogP contribution in [0.15, 0.2) is 99.0 Å². The number of rotatable bonds is 11. The number of furan rings is 1. The number of hydrogen-bond donors (Lipinski definition) is 0. The zero-order valence-electron chi connectivity index (χ0n) is 21.9. The van der Waals surface area contributed by atoms with Crippen LogP contribution in [0.3, 0.4) is 0 Å². The third-order valence-electron chi connectivity index (χ3n) is 6.56. The number of hydrogen-bond acceptors (Lipinski definition) is 8. The number of aromatic nitrogens is 1. The second-order valence-electron chi connectivity index (χ2n) is 9.18. The van der Waals surface area contributed by atoms with Gasteiger partial charge in [0.1, 0.15) is 29.4 Å². The summed E-state index contributed by atoms with van der Waals surface area (Å²) in [5, 5.41) is 15.7. The molecule has 0 saturated carbocycles. The number of nitro benzene ring substituents is 1. The second-order valence-corrected chi connectivity index (χ2v) is 11.0. The van der Waals surface area contributed by atoms with E-state index in [1.54, 1.807) is 13.0 Å². The molecular formula is C29H27N3O7S. The fraction of sp³-hybridized carbons (Fsp3) is 0.207. The van der Waals surface area contributed by atoms with Crippen LogP contribution in [0, 0.1) is 10.1 Å². The predicted octanol–water partition coefficient (Wildman–Crippen LogP) is 6.47. The van der Waals surface area contributed by atoms with E-state index in [0.29, 0.717) is 18.0 Å². The molecule has 1 unspecified atom stereocenters. The minimum Gasteiger partial charge on any atom is -0.494 e. The standard InChI is InChI=1S/C29H27N3O7S/c1-3-37-25-12-7-21(8-13-25)4-5-22-6-9-23-19-27(39-28(23)18-22)20(2)31(29-16-17-38-30-29)40(35,36)26-14-10-24(11-15-26)32(33)34/h6-20H,3-5H2,1-2H3. The van der Waals surface area contributed by atoms with Gasteiger partial charge in [-0.25, -0.2) is 12.7 Å². The van der Waals surface area contributed by atoms with Gasteiger partial charge in [-0.2, -0.15) is 0 Å². The van der Waals surface area contributed by atoms with Crippen LogP contribution in [-0.4, -0.2) is 25.1 Å². The van der Waals surface area contributed by atoms with E-state index in [0.717, 1.165) is 46.0 Å². The van der Waals surface area contributed by atoms with Gasteiger partial charge >= 0.3 is 0 Å². The van der Waals surface area contributed by atoms with Gasteiger partial charge < -0.3 is 13.7 Å². The number of non-ortho nitro benzene ring substituents is 1. The van der Waals surface area contributed by atoms with Crippen LogP contribution >= 0.6 is 0 Å². The molecule has 2 heterocycles. The fourth-order valence-electron chi connectivity index (χ4n) is 4.48. The maximum atomic E-state index is 13.7. The van der Waals surface area contributed by atoms with Gasteiger partial charge in [0.05, 0.1) is 16.4 Å². The minimum atomic E-state index is -4.19. The van der Waals surface area contributed by atoms with Gasteiger partial charge in [0.15, 0.2) is 5.82 Å². The molecule has 2 aromatic heterocycles. The number of anilines is 1. The fourth-order valence-corrected chi connectivity index (χ4v) is 6.05. The summed E-state index contributed by atoms with van der Waals surface area (Å²) in [5.74, 6) is 1.31. The molecule has 0 bridgehead atoms. The lowest BCUT2D eigenvalue weighted by Crippen LogP contribution is -2.33. The highest BCUT2D eigenvalue weighted by Gasteiger charge is 2.34. The molecule has 5 rings (SSSR count). The average molecular weight is 562 g/mol. The number of benzene rings is 3. The lowest BCUT2D eigenvalue weighted by atomic mass is 10.0. The summed E-state index contributed by atoms with van der Waals surface area (Å²) in [6.45, 7) is 4.26. The van der Waals surface area contributed by atoms with E-state index in [4.69, 9.17) is 13.7 Å². The lowest BCUT2D eigenvalue weighted by molar-refractivity contribution is -0.384. The van der Waals surface area contributed by atoms with Crippen molar-refractivity contribution < 1.29 is 27.0 Å². The molecule has 5 aromatic rings. The monoisotopic (exact) mass is 561 g/mol. The second kappa shape index (κ2) is 11.2. The van der Waals surface area contributed by atoms with Crippen molar-refractivity contribution >= 4 is 32.5 Å². The summed E-state index contributed by atoms with van der Waals surface area (Å²) in [5.41, 5.74) is 2.70. The van der Waals surface area contributed by atoms with Crippen molar-refractivity contribution in [2.75, 3.05) is 10.9 Å². The van der Waals surface area contributed by atoms with Gasteiger partial charge in [0, 0.05) is 23.6 Å². The van der Waals surface area contributed by atoms with Gasteiger partial charge in [-0.3, -0.25) is 10.1 Å². The number of nitro groups is 1. The first-order chi connectivity index (χ1) is 19.3. The molecule has 1 atom stereocenters. The van der Waals surface area contributed by atoms with E-state index in [-0.39, 0.29) is 16.4 Å². The van der Waals surface area contributed by atoms with E-state index in [1.165, 1.54) is 30.0 Å². The largest absolute Gasteiger partial charge is 0.494 e. The normalized spacial score (nSPS) is 12.3. The van der Waals surface area contributed by atoms with E-state index >= 15 is 0 Å². The van der Waals surface area contributed by atoms with Crippen molar-refractivity contribution in [1.82, 2.24) is 5.16 Å². The predicted molar refractivity (Wildman–Crippen MR) is 149 cm³/mol. The molecule has 10 nitrogen and oxygen atoms in total. The molecule has 40 heavy (non-hydrogen) atoms. The lowest BCUT2D eigenvalue weighted by Gasteiger charge is -2.26. The Kier molecular flexibility index (Phi) is 7.56. The van der Waals surface area contributed by atoms with Crippen molar-refractivity contribution in [3.8, 4) is 5.75 Å². The molecule has 0 spiro atoms. The van der Waals surface area contributed by atoms with Crippen molar-refractivity contribution in [3.63, 3.8) is 0 Å². The molecule has 3 aromatic carbocycles. The van der Waals surface area contributed by atoms with E-state index in [9.17, 15) is 18.5 Å². The highest BCUT2D eigenvalue weighted by atomic mass is 32.2. The Labute approximate surface area is 231 Å². The smallest absolute Gasteiger partial charge is 0.269 e. The average Bonchev–Trinajstić information content (AvgIpc) is 3.63. The van der Waals surface area contributed by atoms with Crippen LogP contribution in [0.25, 0.3) is 11.0 Å². The number of sulfonamides is 1. The highest BCUT2D eigenvalue weighted by molar-refractivity contribution is 7.92. The number of fused-ring (bicyclic) bond motifs is 1. The van der Waals surface area contributed by atoms with E-state index in [1.807, 2.05) is 37.3 Å². The van der Waals surface area contributed by atoms with E-state index in [2.05, 4.69) is 17.3 Å². The molecular weight excluding hydrogens is 534 g/mol. The number of aryl methyl sites for hydroxylation is 2. The van der Waals surface area contributed by atoms with Gasteiger partial charge in [-0.05, 0) is 74.2 Å². The first-order valence-corrected chi connectivity index (χ1v) is 14.1. The Hall–Kier alpha value is -4.64. The molecule has 206 valence electrons. The van der Waals surface area contributed by atoms with Crippen LogP contribution in [-0.2, 0) is 22.9 Å². The van der Waals surface area contributed by atoms with Gasteiger partial charge in [0.2, 0.25) is 0 Å². The van der Waals surface area contributed by atoms with Crippen molar-refractivity contribution in [2.24, 2.45) is 0 Å². The highest BCUT2D eigenvalue weighted by Crippen LogP contribution is 2.35. The van der Waals surface area contributed by atoms with Crippen LogP contribution < -0.4 is 9.04 Å². The number of nitrogens with zero attached hydrogens (tertiary/aromatic N) is 3. The Morgan fingerprint density at radius 3 is 2.33 bits per heavy atom. The minimum absolute atomic E-state index is 0.0577. The zero-order chi connectivity index (χ0) is 28.3. The van der Waals surface area contributed by atoms with Crippen LogP contribution in [0.1, 0.15) is 36.8 Å². The Morgan fingerprint density at radius 2 is 1.68 bits per heavy atom. The van der Waals surface area contributed by atoms with Crippen molar-refractivity contribution in [2.45, 2.75) is 37.6 Å². The van der Waals surface area contributed by atoms with Crippen LogP contribution in [0.2, 0.25) is 0 Å². The first kappa shape index (κ1) is 26.9. The summed E-state index contributed by atoms with van der Waals surface area (Å²) in [7, 11) is -4.19. The molecule has 0 fully saturated rings. The maximum absolute atomic E-state index is 13.7.